The van der Waals surface area contributed by atoms with Gasteiger partial charge in [0.1, 0.15) is 14.6 Å². The average molecular weight is 333 g/mol. The van der Waals surface area contributed by atoms with Crippen molar-refractivity contribution in [3.8, 4) is 23.0 Å². The largest absolute Gasteiger partial charge is 0.493 e. The van der Waals surface area contributed by atoms with Crippen LogP contribution in [0.3, 0.4) is 0 Å². The second-order valence-electron chi connectivity index (χ2n) is 5.84. The van der Waals surface area contributed by atoms with E-state index in [1.807, 2.05) is 6.07 Å². The lowest BCUT2D eigenvalue weighted by Gasteiger charge is -2.10. The molecule has 124 valence electrons. The molecule has 1 aromatic rings. The molecular weight excluding hydrogens is 310 g/mol. The minimum Gasteiger partial charge on any atom is -0.493 e. The van der Waals surface area contributed by atoms with Gasteiger partial charge in [-0.05, 0) is 6.07 Å². The molecule has 0 spiro atoms. The van der Waals surface area contributed by atoms with Crippen LogP contribution in [0.4, 0.5) is 0 Å². The van der Waals surface area contributed by atoms with Crippen LogP contribution in [0.2, 0.25) is 19.6 Å². The Morgan fingerprint density at radius 3 is 2.30 bits per heavy atom. The Balaban J connectivity index is 3.27. The van der Waals surface area contributed by atoms with Crippen LogP contribution in [0.1, 0.15) is 11.1 Å². The van der Waals surface area contributed by atoms with E-state index in [0.717, 1.165) is 11.1 Å². The first kappa shape index (κ1) is 18.8. The zero-order valence-corrected chi connectivity index (χ0v) is 15.5. The van der Waals surface area contributed by atoms with Crippen molar-refractivity contribution >= 4 is 20.3 Å². The van der Waals surface area contributed by atoms with Crippen LogP contribution in [-0.4, -0.2) is 48.1 Å². The fourth-order valence-corrected chi connectivity index (χ4v) is 2.16. The van der Waals surface area contributed by atoms with Gasteiger partial charge in [-0.25, -0.2) is 0 Å². The minimum absolute atomic E-state index is 0.0360. The third-order valence-corrected chi connectivity index (χ3v) is 3.68. The number of nitrogens with zero attached hydrogens (tertiary/aromatic N) is 1. The zero-order chi connectivity index (χ0) is 17.5. The molecule has 0 aliphatic rings. The molecule has 0 aliphatic heterocycles. The van der Waals surface area contributed by atoms with Gasteiger partial charge in [-0.3, -0.25) is 9.79 Å². The summed E-state index contributed by atoms with van der Waals surface area (Å²) in [4.78, 5) is 15.3. The molecule has 5 nitrogen and oxygen atoms in total. The SMILES string of the molecule is COC(=O)CN=Cc1cc(OC)c(OC)cc1C#C[Si](C)(C)C. The quantitative estimate of drug-likeness (QED) is 0.360. The van der Waals surface area contributed by atoms with Crippen molar-refractivity contribution in [2.24, 2.45) is 4.99 Å². The number of aliphatic imine (C=N–C) groups is 1. The maximum atomic E-state index is 11.2. The first-order valence-corrected chi connectivity index (χ1v) is 10.7. The normalized spacial score (nSPS) is 10.9. The second kappa shape index (κ2) is 8.39. The molecule has 0 N–H and O–H groups in total. The Kier molecular flexibility index (Phi) is 6.85. The summed E-state index contributed by atoms with van der Waals surface area (Å²) in [5.74, 6) is 4.01. The van der Waals surface area contributed by atoms with Gasteiger partial charge < -0.3 is 14.2 Å². The molecule has 0 atom stereocenters. The molecule has 0 fully saturated rings. The summed E-state index contributed by atoms with van der Waals surface area (Å²) in [6, 6.07) is 3.62. The molecule has 0 aromatic heterocycles. The van der Waals surface area contributed by atoms with Crippen molar-refractivity contribution in [3.63, 3.8) is 0 Å². The lowest BCUT2D eigenvalue weighted by atomic mass is 10.1. The van der Waals surface area contributed by atoms with Crippen molar-refractivity contribution in [2.45, 2.75) is 19.6 Å². The van der Waals surface area contributed by atoms with Gasteiger partial charge in [0, 0.05) is 23.4 Å². The number of ether oxygens (including phenoxy) is 3. The van der Waals surface area contributed by atoms with E-state index in [9.17, 15) is 4.79 Å². The van der Waals surface area contributed by atoms with Gasteiger partial charge in [0.15, 0.2) is 11.5 Å². The monoisotopic (exact) mass is 333 g/mol. The first-order valence-electron chi connectivity index (χ1n) is 7.16. The Hall–Kier alpha value is -2.26. The van der Waals surface area contributed by atoms with Gasteiger partial charge in [-0.1, -0.05) is 25.6 Å². The number of methoxy groups -OCH3 is 3. The van der Waals surface area contributed by atoms with Gasteiger partial charge in [0.25, 0.3) is 0 Å². The van der Waals surface area contributed by atoms with Crippen molar-refractivity contribution in [1.82, 2.24) is 0 Å². The summed E-state index contributed by atoms with van der Waals surface area (Å²) in [6.07, 6.45) is 1.60. The fraction of sp³-hybridized carbons (Fsp3) is 0.412. The van der Waals surface area contributed by atoms with Crippen LogP contribution in [0.15, 0.2) is 17.1 Å². The van der Waals surface area contributed by atoms with Crippen LogP contribution in [0.5, 0.6) is 11.5 Å². The van der Waals surface area contributed by atoms with Crippen molar-refractivity contribution in [2.75, 3.05) is 27.9 Å². The number of hydrogen-bond donors (Lipinski definition) is 0. The summed E-state index contributed by atoms with van der Waals surface area (Å²) in [5.41, 5.74) is 4.88. The third kappa shape index (κ3) is 6.16. The summed E-state index contributed by atoms with van der Waals surface area (Å²) >= 11 is 0. The van der Waals surface area contributed by atoms with E-state index in [-0.39, 0.29) is 6.54 Å². The summed E-state index contributed by atoms with van der Waals surface area (Å²) in [5, 5.41) is 0. The lowest BCUT2D eigenvalue weighted by Crippen LogP contribution is -2.16. The fourth-order valence-electron chi connectivity index (χ4n) is 1.65. The van der Waals surface area contributed by atoms with E-state index in [0.29, 0.717) is 11.5 Å². The zero-order valence-electron chi connectivity index (χ0n) is 14.5. The summed E-state index contributed by atoms with van der Waals surface area (Å²) < 4.78 is 15.2. The second-order valence-corrected chi connectivity index (χ2v) is 10.6. The van der Waals surface area contributed by atoms with Crippen molar-refractivity contribution < 1.29 is 19.0 Å². The topological polar surface area (TPSA) is 57.1 Å². The van der Waals surface area contributed by atoms with Gasteiger partial charge in [0.2, 0.25) is 0 Å². The van der Waals surface area contributed by atoms with Gasteiger partial charge >= 0.3 is 5.97 Å². The molecule has 0 bridgehead atoms. The smallest absolute Gasteiger partial charge is 0.327 e. The molecule has 1 aromatic carbocycles. The van der Waals surface area contributed by atoms with E-state index in [2.05, 4.69) is 40.8 Å². The van der Waals surface area contributed by atoms with Gasteiger partial charge in [-0.2, -0.15) is 0 Å². The molecule has 0 aliphatic carbocycles. The predicted octanol–water partition coefficient (Wildman–Crippen LogP) is 2.52. The molecule has 1 rings (SSSR count). The standard InChI is InChI=1S/C17H23NO4Si/c1-20-15-9-13(7-8-23(4,5)6)14(10-16(15)21-2)11-18-12-17(19)22-3/h9-11H,12H2,1-6H3. The van der Waals surface area contributed by atoms with E-state index >= 15 is 0 Å². The highest BCUT2D eigenvalue weighted by atomic mass is 28.3. The van der Waals surface area contributed by atoms with Crippen molar-refractivity contribution in [1.29, 1.82) is 0 Å². The molecule has 0 saturated carbocycles. The number of carbonyl (C=O) groups excluding carboxylic acids is 1. The predicted molar refractivity (Wildman–Crippen MR) is 94.2 cm³/mol. The molecule has 6 heteroatoms. The van der Waals surface area contributed by atoms with E-state index in [4.69, 9.17) is 9.47 Å². The van der Waals surface area contributed by atoms with E-state index < -0.39 is 14.0 Å². The Labute approximate surface area is 138 Å². The summed E-state index contributed by atoms with van der Waals surface area (Å²) in [7, 11) is 2.97. The average Bonchev–Trinajstić information content (AvgIpc) is 2.51. The number of hydrogen-bond acceptors (Lipinski definition) is 5. The Morgan fingerprint density at radius 1 is 1.17 bits per heavy atom. The molecule has 0 amide bonds. The van der Waals surface area contributed by atoms with E-state index in [1.165, 1.54) is 7.11 Å². The van der Waals surface area contributed by atoms with Crippen molar-refractivity contribution in [3.05, 3.63) is 23.3 Å². The van der Waals surface area contributed by atoms with Gasteiger partial charge in [0.05, 0.1) is 21.3 Å². The van der Waals surface area contributed by atoms with E-state index in [1.54, 1.807) is 26.5 Å². The van der Waals surface area contributed by atoms with Gasteiger partial charge in [-0.15, -0.1) is 5.54 Å². The highest BCUT2D eigenvalue weighted by molar-refractivity contribution is 6.83. The maximum Gasteiger partial charge on any atom is 0.327 e. The molecular formula is C17H23NO4Si. The Bertz CT molecular complexity index is 651. The number of rotatable bonds is 5. The third-order valence-electron chi connectivity index (χ3n) is 2.81. The summed E-state index contributed by atoms with van der Waals surface area (Å²) in [6.45, 7) is 6.48. The molecule has 0 heterocycles. The van der Waals surface area contributed by atoms with Crippen LogP contribution in [0, 0.1) is 11.5 Å². The molecule has 0 unspecified atom stereocenters. The number of esters is 1. The highest BCUT2D eigenvalue weighted by Gasteiger charge is 2.11. The number of benzene rings is 1. The Morgan fingerprint density at radius 2 is 1.78 bits per heavy atom. The minimum atomic E-state index is -1.52. The van der Waals surface area contributed by atoms with Crippen LogP contribution in [0.25, 0.3) is 0 Å². The maximum absolute atomic E-state index is 11.2. The first-order chi connectivity index (χ1) is 10.8. The molecule has 23 heavy (non-hydrogen) atoms. The van der Waals surface area contributed by atoms with Crippen LogP contribution >= 0.6 is 0 Å². The molecule has 0 radical (unpaired) electrons. The van der Waals surface area contributed by atoms with Crippen LogP contribution < -0.4 is 9.47 Å². The highest BCUT2D eigenvalue weighted by Crippen LogP contribution is 2.29. The van der Waals surface area contributed by atoms with Crippen LogP contribution in [-0.2, 0) is 9.53 Å². The molecule has 0 saturated heterocycles. The lowest BCUT2D eigenvalue weighted by molar-refractivity contribution is -0.138. The number of carbonyl (C=O) groups is 1.